The number of carbonyl (C=O) groups is 2. The molecule has 6 heteroatoms. The van der Waals surface area contributed by atoms with Gasteiger partial charge in [-0.25, -0.2) is 4.98 Å². The lowest BCUT2D eigenvalue weighted by Crippen LogP contribution is -2.52. The normalized spacial score (nSPS) is 19.0. The predicted molar refractivity (Wildman–Crippen MR) is 81.4 cm³/mol. The summed E-state index contributed by atoms with van der Waals surface area (Å²) in [6.45, 7) is 1.46. The number of hydrogen-bond acceptors (Lipinski definition) is 3. The van der Waals surface area contributed by atoms with Crippen molar-refractivity contribution in [1.82, 2.24) is 19.4 Å². The fourth-order valence-corrected chi connectivity index (χ4v) is 3.08. The number of rotatable bonds is 2. The van der Waals surface area contributed by atoms with Gasteiger partial charge in [-0.3, -0.25) is 9.59 Å². The Bertz CT molecular complexity index is 763. The van der Waals surface area contributed by atoms with Crippen molar-refractivity contribution in [2.24, 2.45) is 7.05 Å². The van der Waals surface area contributed by atoms with Gasteiger partial charge in [-0.15, -0.1) is 0 Å². The minimum Gasteiger partial charge on any atom is -0.336 e. The third-order valence-corrected chi connectivity index (χ3v) is 4.50. The summed E-state index contributed by atoms with van der Waals surface area (Å²) >= 11 is 0. The molecule has 114 valence electrons. The van der Waals surface area contributed by atoms with Crippen LogP contribution in [0.25, 0.3) is 11.0 Å². The summed E-state index contributed by atoms with van der Waals surface area (Å²) < 4.78 is 1.92. The molecular weight excluding hydrogens is 280 g/mol. The highest BCUT2D eigenvalue weighted by molar-refractivity contribution is 5.99. The van der Waals surface area contributed by atoms with Crippen molar-refractivity contribution in [1.29, 1.82) is 0 Å². The van der Waals surface area contributed by atoms with Crippen LogP contribution in [0.4, 0.5) is 0 Å². The first-order valence-corrected chi connectivity index (χ1v) is 7.63. The van der Waals surface area contributed by atoms with Crippen molar-refractivity contribution in [2.45, 2.75) is 18.9 Å². The number of benzene rings is 1. The average Bonchev–Trinajstić information content (AvgIpc) is 3.30. The van der Waals surface area contributed by atoms with Crippen LogP contribution in [0.3, 0.4) is 0 Å². The van der Waals surface area contributed by atoms with E-state index in [1.54, 1.807) is 17.3 Å². The van der Waals surface area contributed by atoms with Crippen LogP contribution in [0.1, 0.15) is 23.2 Å². The summed E-state index contributed by atoms with van der Waals surface area (Å²) in [5, 5.41) is 0. The van der Waals surface area contributed by atoms with Gasteiger partial charge < -0.3 is 14.4 Å². The molecule has 0 unspecified atom stereocenters. The second-order valence-electron chi connectivity index (χ2n) is 6.10. The molecule has 1 saturated carbocycles. The quantitative estimate of drug-likeness (QED) is 0.832. The monoisotopic (exact) mass is 298 g/mol. The molecule has 0 spiro atoms. The number of aryl methyl sites for hydroxylation is 1. The highest BCUT2D eigenvalue weighted by Crippen LogP contribution is 2.28. The summed E-state index contributed by atoms with van der Waals surface area (Å²) in [6.07, 6.45) is 3.95. The number of fused-ring (bicyclic) bond motifs is 1. The van der Waals surface area contributed by atoms with Crippen molar-refractivity contribution in [3.05, 3.63) is 30.1 Å². The molecule has 0 atom stereocenters. The second-order valence-corrected chi connectivity index (χ2v) is 6.10. The summed E-state index contributed by atoms with van der Waals surface area (Å²) in [4.78, 5) is 32.6. The van der Waals surface area contributed by atoms with Crippen molar-refractivity contribution in [3.63, 3.8) is 0 Å². The molecule has 2 aliphatic rings. The van der Waals surface area contributed by atoms with E-state index in [0.717, 1.165) is 23.9 Å². The summed E-state index contributed by atoms with van der Waals surface area (Å²) in [5.74, 6) is -0.0163. The van der Waals surface area contributed by atoms with E-state index >= 15 is 0 Å². The molecule has 22 heavy (non-hydrogen) atoms. The van der Waals surface area contributed by atoms with Crippen LogP contribution in [-0.4, -0.2) is 56.8 Å². The van der Waals surface area contributed by atoms with Gasteiger partial charge in [0, 0.05) is 31.7 Å². The third kappa shape index (κ3) is 2.15. The zero-order chi connectivity index (χ0) is 15.3. The van der Waals surface area contributed by atoms with Gasteiger partial charge in [0.1, 0.15) is 6.54 Å². The number of piperazine rings is 1. The van der Waals surface area contributed by atoms with Crippen LogP contribution < -0.4 is 0 Å². The summed E-state index contributed by atoms with van der Waals surface area (Å²) in [7, 11) is 1.92. The van der Waals surface area contributed by atoms with Crippen LogP contribution in [0.2, 0.25) is 0 Å². The fourth-order valence-electron chi connectivity index (χ4n) is 3.08. The Kier molecular flexibility index (Phi) is 2.92. The molecule has 0 radical (unpaired) electrons. The Morgan fingerprint density at radius 1 is 1.27 bits per heavy atom. The standard InChI is InChI=1S/C16H18N4O2/c1-18-10-17-13-8-11(2-5-14(13)18)16(22)19-6-7-20(12-3-4-12)15(21)9-19/h2,5,8,10,12H,3-4,6-7,9H2,1H3. The Balaban J connectivity index is 1.54. The number of imidazole rings is 1. The van der Waals surface area contributed by atoms with Crippen molar-refractivity contribution >= 4 is 22.8 Å². The van der Waals surface area contributed by atoms with Crippen LogP contribution in [0.5, 0.6) is 0 Å². The maximum atomic E-state index is 12.6. The predicted octanol–water partition coefficient (Wildman–Crippen LogP) is 1.02. The Hall–Kier alpha value is -2.37. The molecule has 2 amide bonds. The second kappa shape index (κ2) is 4.83. The lowest BCUT2D eigenvalue weighted by molar-refractivity contribution is -0.135. The van der Waals surface area contributed by atoms with Crippen LogP contribution in [-0.2, 0) is 11.8 Å². The van der Waals surface area contributed by atoms with E-state index in [0.29, 0.717) is 24.7 Å². The molecule has 6 nitrogen and oxygen atoms in total. The van der Waals surface area contributed by atoms with Gasteiger partial charge in [-0.05, 0) is 31.0 Å². The topological polar surface area (TPSA) is 58.4 Å². The van der Waals surface area contributed by atoms with E-state index in [9.17, 15) is 9.59 Å². The summed E-state index contributed by atoms with van der Waals surface area (Å²) in [6, 6.07) is 5.94. The first-order valence-electron chi connectivity index (χ1n) is 7.63. The van der Waals surface area contributed by atoms with Gasteiger partial charge in [0.2, 0.25) is 5.91 Å². The largest absolute Gasteiger partial charge is 0.336 e. The van der Waals surface area contributed by atoms with Gasteiger partial charge in [0.05, 0.1) is 17.4 Å². The van der Waals surface area contributed by atoms with E-state index in [2.05, 4.69) is 4.98 Å². The van der Waals surface area contributed by atoms with E-state index in [-0.39, 0.29) is 18.4 Å². The molecular formula is C16H18N4O2. The minimum absolute atomic E-state index is 0.0704. The average molecular weight is 298 g/mol. The van der Waals surface area contributed by atoms with Crippen molar-refractivity contribution < 1.29 is 9.59 Å². The van der Waals surface area contributed by atoms with Gasteiger partial charge in [-0.2, -0.15) is 0 Å². The number of amides is 2. The SMILES string of the molecule is Cn1cnc2cc(C(=O)N3CCN(C4CC4)C(=O)C3)ccc21. The zero-order valence-electron chi connectivity index (χ0n) is 12.5. The van der Waals surface area contributed by atoms with Gasteiger partial charge in [-0.1, -0.05) is 0 Å². The number of carbonyl (C=O) groups excluding carboxylic acids is 2. The Labute approximate surface area is 128 Å². The molecule has 0 bridgehead atoms. The highest BCUT2D eigenvalue weighted by Gasteiger charge is 2.36. The van der Waals surface area contributed by atoms with Crippen LogP contribution in [0, 0.1) is 0 Å². The first kappa shape index (κ1) is 13.3. The number of aromatic nitrogens is 2. The lowest BCUT2D eigenvalue weighted by Gasteiger charge is -2.34. The molecule has 1 aromatic carbocycles. The molecule has 1 aliphatic heterocycles. The molecule has 2 aromatic rings. The minimum atomic E-state index is -0.0867. The fraction of sp³-hybridized carbons (Fsp3) is 0.438. The lowest BCUT2D eigenvalue weighted by atomic mass is 10.1. The molecule has 1 aromatic heterocycles. The van der Waals surface area contributed by atoms with E-state index in [1.807, 2.05) is 28.6 Å². The third-order valence-electron chi connectivity index (χ3n) is 4.50. The van der Waals surface area contributed by atoms with Gasteiger partial charge >= 0.3 is 0 Å². The van der Waals surface area contributed by atoms with E-state index in [4.69, 9.17) is 0 Å². The summed E-state index contributed by atoms with van der Waals surface area (Å²) in [5.41, 5.74) is 2.39. The molecule has 1 aliphatic carbocycles. The smallest absolute Gasteiger partial charge is 0.254 e. The zero-order valence-corrected chi connectivity index (χ0v) is 12.5. The van der Waals surface area contributed by atoms with Gasteiger partial charge in [0.15, 0.2) is 0 Å². The van der Waals surface area contributed by atoms with E-state index in [1.165, 1.54) is 0 Å². The van der Waals surface area contributed by atoms with Gasteiger partial charge in [0.25, 0.3) is 5.91 Å². The maximum Gasteiger partial charge on any atom is 0.254 e. The number of hydrogen-bond donors (Lipinski definition) is 0. The van der Waals surface area contributed by atoms with Crippen molar-refractivity contribution in [3.8, 4) is 0 Å². The van der Waals surface area contributed by atoms with Crippen molar-refractivity contribution in [2.75, 3.05) is 19.6 Å². The first-order chi connectivity index (χ1) is 10.6. The molecule has 0 N–H and O–H groups in total. The van der Waals surface area contributed by atoms with Crippen LogP contribution in [0.15, 0.2) is 24.5 Å². The molecule has 4 rings (SSSR count). The highest BCUT2D eigenvalue weighted by atomic mass is 16.2. The Morgan fingerprint density at radius 2 is 2.09 bits per heavy atom. The maximum absolute atomic E-state index is 12.6. The van der Waals surface area contributed by atoms with Crippen LogP contribution >= 0.6 is 0 Å². The number of nitrogens with zero attached hydrogens (tertiary/aromatic N) is 4. The Morgan fingerprint density at radius 3 is 2.82 bits per heavy atom. The molecule has 2 heterocycles. The molecule has 1 saturated heterocycles. The van der Waals surface area contributed by atoms with E-state index < -0.39 is 0 Å². The molecule has 2 fully saturated rings.